The van der Waals surface area contributed by atoms with Gasteiger partial charge in [0.25, 0.3) is 0 Å². The molecule has 96 valence electrons. The minimum atomic E-state index is 0.535. The molecule has 2 aliphatic heterocycles. The second-order valence-electron chi connectivity index (χ2n) is 4.76. The second kappa shape index (κ2) is 6.10. The lowest BCUT2D eigenvalue weighted by molar-refractivity contribution is 0.0658. The fourth-order valence-corrected chi connectivity index (χ4v) is 2.11. The highest BCUT2D eigenvalue weighted by molar-refractivity contribution is 5.11. The van der Waals surface area contributed by atoms with E-state index in [-0.39, 0.29) is 0 Å². The van der Waals surface area contributed by atoms with Gasteiger partial charge in [0, 0.05) is 23.0 Å². The first-order chi connectivity index (χ1) is 8.35. The van der Waals surface area contributed by atoms with Crippen molar-refractivity contribution in [1.29, 1.82) is 0 Å². The Morgan fingerprint density at radius 1 is 1.00 bits per heavy atom. The lowest BCUT2D eigenvalue weighted by Crippen LogP contribution is -2.24. The average molecular weight is 238 g/mol. The van der Waals surface area contributed by atoms with E-state index in [2.05, 4.69) is 13.8 Å². The van der Waals surface area contributed by atoms with E-state index in [0.29, 0.717) is 11.8 Å². The Hall–Kier alpha value is -0.960. The van der Waals surface area contributed by atoms with Crippen molar-refractivity contribution < 1.29 is 14.2 Å². The largest absolute Gasteiger partial charge is 0.497 e. The lowest BCUT2D eigenvalue weighted by Gasteiger charge is -2.27. The fraction of sp³-hybridized carbons (Fsp3) is 0.714. The molecule has 0 fully saturated rings. The summed E-state index contributed by atoms with van der Waals surface area (Å²) in [6, 6.07) is 0. The van der Waals surface area contributed by atoms with Crippen LogP contribution >= 0.6 is 0 Å². The van der Waals surface area contributed by atoms with Crippen LogP contribution in [0, 0.1) is 11.8 Å². The van der Waals surface area contributed by atoms with Gasteiger partial charge in [0.05, 0.1) is 25.7 Å². The van der Waals surface area contributed by atoms with E-state index in [1.54, 1.807) is 0 Å². The van der Waals surface area contributed by atoms with E-state index in [9.17, 15) is 0 Å². The zero-order valence-corrected chi connectivity index (χ0v) is 10.8. The third kappa shape index (κ3) is 3.03. The molecule has 0 saturated carbocycles. The molecule has 2 rings (SSSR count). The third-order valence-electron chi connectivity index (χ3n) is 3.64. The Labute approximate surface area is 103 Å². The zero-order chi connectivity index (χ0) is 12.1. The van der Waals surface area contributed by atoms with Crippen LogP contribution in [-0.4, -0.2) is 26.4 Å². The van der Waals surface area contributed by atoms with Crippen molar-refractivity contribution in [3.8, 4) is 0 Å². The average Bonchev–Trinajstić information content (AvgIpc) is 2.20. The van der Waals surface area contributed by atoms with Gasteiger partial charge in [-0.05, 0) is 12.8 Å². The van der Waals surface area contributed by atoms with Gasteiger partial charge >= 0.3 is 0 Å². The molecule has 0 aromatic heterocycles. The predicted molar refractivity (Wildman–Crippen MR) is 66.5 cm³/mol. The monoisotopic (exact) mass is 238 g/mol. The Morgan fingerprint density at radius 3 is 1.65 bits per heavy atom. The minimum absolute atomic E-state index is 0.535. The van der Waals surface area contributed by atoms with Crippen molar-refractivity contribution in [2.45, 2.75) is 26.7 Å². The zero-order valence-electron chi connectivity index (χ0n) is 10.8. The molecular formula is C14H22O3. The summed E-state index contributed by atoms with van der Waals surface area (Å²) in [5, 5.41) is 0. The van der Waals surface area contributed by atoms with Crippen LogP contribution in [0.2, 0.25) is 0 Å². The third-order valence-corrected chi connectivity index (χ3v) is 3.64. The SMILES string of the molecule is CCC(COCC(CC)C1=COC1)C1=COC1. The molecule has 0 aliphatic carbocycles. The van der Waals surface area contributed by atoms with E-state index < -0.39 is 0 Å². The first kappa shape index (κ1) is 12.5. The van der Waals surface area contributed by atoms with E-state index in [1.165, 1.54) is 11.1 Å². The molecule has 0 amide bonds. The number of hydrogen-bond donors (Lipinski definition) is 0. The molecule has 2 heterocycles. The van der Waals surface area contributed by atoms with Crippen molar-refractivity contribution in [2.24, 2.45) is 11.8 Å². The molecule has 2 aliphatic rings. The highest BCUT2D eigenvalue weighted by Gasteiger charge is 2.21. The molecule has 0 saturated heterocycles. The summed E-state index contributed by atoms with van der Waals surface area (Å²) in [5.41, 5.74) is 2.79. The van der Waals surface area contributed by atoms with Crippen molar-refractivity contribution in [2.75, 3.05) is 26.4 Å². The molecule has 0 aromatic carbocycles. The number of rotatable bonds is 8. The molecular weight excluding hydrogens is 216 g/mol. The molecule has 2 atom stereocenters. The van der Waals surface area contributed by atoms with Gasteiger partial charge in [-0.2, -0.15) is 0 Å². The van der Waals surface area contributed by atoms with Crippen molar-refractivity contribution in [3.63, 3.8) is 0 Å². The highest BCUT2D eigenvalue weighted by atomic mass is 16.5. The normalized spacial score (nSPS) is 21.1. The molecule has 17 heavy (non-hydrogen) atoms. The van der Waals surface area contributed by atoms with Gasteiger partial charge in [0.15, 0.2) is 0 Å². The van der Waals surface area contributed by atoms with Gasteiger partial charge in [-0.25, -0.2) is 0 Å². The van der Waals surface area contributed by atoms with Gasteiger partial charge in [-0.1, -0.05) is 13.8 Å². The molecule has 0 N–H and O–H groups in total. The van der Waals surface area contributed by atoms with Gasteiger partial charge < -0.3 is 14.2 Å². The van der Waals surface area contributed by atoms with E-state index in [4.69, 9.17) is 14.2 Å². The Balaban J connectivity index is 1.70. The minimum Gasteiger partial charge on any atom is -0.497 e. The van der Waals surface area contributed by atoms with Gasteiger partial charge in [0.2, 0.25) is 0 Å². The smallest absolute Gasteiger partial charge is 0.112 e. The Kier molecular flexibility index (Phi) is 4.49. The second-order valence-corrected chi connectivity index (χ2v) is 4.76. The van der Waals surface area contributed by atoms with Gasteiger partial charge in [0.1, 0.15) is 13.2 Å². The lowest BCUT2D eigenvalue weighted by atomic mass is 9.96. The topological polar surface area (TPSA) is 27.7 Å². The van der Waals surface area contributed by atoms with Crippen LogP contribution < -0.4 is 0 Å². The van der Waals surface area contributed by atoms with Crippen LogP contribution in [0.5, 0.6) is 0 Å². The molecule has 0 radical (unpaired) electrons. The Morgan fingerprint density at radius 2 is 1.41 bits per heavy atom. The van der Waals surface area contributed by atoms with Crippen molar-refractivity contribution >= 4 is 0 Å². The van der Waals surface area contributed by atoms with Crippen LogP contribution in [0.15, 0.2) is 23.7 Å². The maximum Gasteiger partial charge on any atom is 0.112 e. The standard InChI is InChI=1S/C14H22O3/c1-3-11(13-7-16-8-13)5-15-6-12(4-2)14-9-17-10-14/h7,9,11-12H,3-6,8,10H2,1-2H3. The van der Waals surface area contributed by atoms with E-state index in [1.807, 2.05) is 12.5 Å². The van der Waals surface area contributed by atoms with Gasteiger partial charge in [-0.15, -0.1) is 0 Å². The molecule has 0 spiro atoms. The first-order valence-corrected chi connectivity index (χ1v) is 6.54. The summed E-state index contributed by atoms with van der Waals surface area (Å²) in [4.78, 5) is 0. The Bertz CT molecular complexity index is 277. The fourth-order valence-electron chi connectivity index (χ4n) is 2.11. The van der Waals surface area contributed by atoms with Gasteiger partial charge in [-0.3, -0.25) is 0 Å². The van der Waals surface area contributed by atoms with Crippen LogP contribution in [-0.2, 0) is 14.2 Å². The van der Waals surface area contributed by atoms with E-state index in [0.717, 1.165) is 39.3 Å². The summed E-state index contributed by atoms with van der Waals surface area (Å²) >= 11 is 0. The highest BCUT2D eigenvalue weighted by Crippen LogP contribution is 2.25. The summed E-state index contributed by atoms with van der Waals surface area (Å²) in [6.45, 7) is 7.61. The van der Waals surface area contributed by atoms with Crippen LogP contribution in [0.4, 0.5) is 0 Å². The summed E-state index contributed by atoms with van der Waals surface area (Å²) in [7, 11) is 0. The summed E-state index contributed by atoms with van der Waals surface area (Å²) in [5.74, 6) is 1.07. The van der Waals surface area contributed by atoms with Crippen LogP contribution in [0.1, 0.15) is 26.7 Å². The van der Waals surface area contributed by atoms with Crippen LogP contribution in [0.3, 0.4) is 0 Å². The quantitative estimate of drug-likeness (QED) is 0.650. The number of ether oxygens (including phenoxy) is 3. The van der Waals surface area contributed by atoms with Crippen molar-refractivity contribution in [1.82, 2.24) is 0 Å². The first-order valence-electron chi connectivity index (χ1n) is 6.54. The molecule has 3 heteroatoms. The predicted octanol–water partition coefficient (Wildman–Crippen LogP) is 2.88. The van der Waals surface area contributed by atoms with Crippen LogP contribution in [0.25, 0.3) is 0 Å². The summed E-state index contributed by atoms with van der Waals surface area (Å²) in [6.07, 6.45) is 5.99. The maximum atomic E-state index is 5.86. The molecule has 3 nitrogen and oxygen atoms in total. The molecule has 0 aromatic rings. The maximum absolute atomic E-state index is 5.86. The molecule has 2 unspecified atom stereocenters. The molecule has 0 bridgehead atoms. The summed E-state index contributed by atoms with van der Waals surface area (Å²) < 4.78 is 16.0. The van der Waals surface area contributed by atoms with Crippen molar-refractivity contribution in [3.05, 3.63) is 23.7 Å². The van der Waals surface area contributed by atoms with E-state index >= 15 is 0 Å². The number of hydrogen-bond acceptors (Lipinski definition) is 3.